The Bertz CT molecular complexity index is 561. The quantitative estimate of drug-likeness (QED) is 0.746. The highest BCUT2D eigenvalue weighted by molar-refractivity contribution is 7.91. The average molecular weight is 298 g/mol. The Labute approximate surface area is 120 Å². The van der Waals surface area contributed by atoms with Crippen molar-refractivity contribution in [2.24, 2.45) is 0 Å². The molecule has 0 saturated carbocycles. The number of benzene rings is 1. The molecule has 5 heteroatoms. The van der Waals surface area contributed by atoms with Gasteiger partial charge < -0.3 is 5.11 Å². The molecule has 0 saturated heterocycles. The third-order valence-corrected chi connectivity index (χ3v) is 5.11. The molecule has 20 heavy (non-hydrogen) atoms. The number of carbonyl (C=O) groups is 1. The molecular formula is C15H22O4S. The summed E-state index contributed by atoms with van der Waals surface area (Å²) in [5.41, 5.74) is 0.622. The number of carboxylic acid groups (broad SMARTS) is 1. The van der Waals surface area contributed by atoms with Crippen LogP contribution in [0.1, 0.15) is 54.9 Å². The molecule has 0 unspecified atom stereocenters. The van der Waals surface area contributed by atoms with Crippen molar-refractivity contribution in [1.82, 2.24) is 0 Å². The third-order valence-electron chi connectivity index (χ3n) is 3.32. The molecule has 0 aliphatic rings. The van der Waals surface area contributed by atoms with E-state index in [0.29, 0.717) is 12.0 Å². The van der Waals surface area contributed by atoms with E-state index >= 15 is 0 Å². The second-order valence-corrected chi connectivity index (χ2v) is 7.12. The van der Waals surface area contributed by atoms with Crippen LogP contribution in [0, 0.1) is 6.92 Å². The zero-order valence-electron chi connectivity index (χ0n) is 12.1. The number of aryl methyl sites for hydroxylation is 1. The molecule has 112 valence electrons. The summed E-state index contributed by atoms with van der Waals surface area (Å²) in [7, 11) is -3.38. The highest BCUT2D eigenvalue weighted by atomic mass is 32.2. The first kappa shape index (κ1) is 16.7. The fourth-order valence-corrected chi connectivity index (χ4v) is 3.43. The first-order valence-electron chi connectivity index (χ1n) is 6.95. The molecule has 0 radical (unpaired) electrons. The second kappa shape index (κ2) is 7.43. The van der Waals surface area contributed by atoms with E-state index in [1.165, 1.54) is 12.1 Å². The molecule has 0 aliphatic heterocycles. The lowest BCUT2D eigenvalue weighted by Crippen LogP contribution is -2.09. The SMILES string of the molecule is CCCCCCCS(=O)(=O)c1ccc(C)c(C(=O)O)c1. The van der Waals surface area contributed by atoms with Crippen LogP contribution in [0.25, 0.3) is 0 Å². The molecule has 0 heterocycles. The van der Waals surface area contributed by atoms with Gasteiger partial charge >= 0.3 is 5.97 Å². The van der Waals surface area contributed by atoms with Crippen molar-refractivity contribution in [3.63, 3.8) is 0 Å². The fourth-order valence-electron chi connectivity index (χ4n) is 2.04. The molecule has 0 aromatic heterocycles. The topological polar surface area (TPSA) is 71.4 Å². The summed E-state index contributed by atoms with van der Waals surface area (Å²) in [5.74, 6) is -1.01. The Hall–Kier alpha value is -1.36. The molecule has 1 rings (SSSR count). The molecular weight excluding hydrogens is 276 g/mol. The fraction of sp³-hybridized carbons (Fsp3) is 0.533. The van der Waals surface area contributed by atoms with Crippen LogP contribution in [0.2, 0.25) is 0 Å². The lowest BCUT2D eigenvalue weighted by molar-refractivity contribution is 0.0696. The molecule has 0 aliphatic carbocycles. The van der Waals surface area contributed by atoms with Gasteiger partial charge in [-0.3, -0.25) is 0 Å². The van der Waals surface area contributed by atoms with Crippen LogP contribution in [-0.4, -0.2) is 25.2 Å². The predicted octanol–water partition coefficient (Wildman–Crippen LogP) is 3.44. The first-order chi connectivity index (χ1) is 9.38. The maximum Gasteiger partial charge on any atom is 0.335 e. The van der Waals surface area contributed by atoms with Gasteiger partial charge in [-0.2, -0.15) is 0 Å². The number of rotatable bonds is 8. The number of unbranched alkanes of at least 4 members (excludes halogenated alkanes) is 4. The minimum atomic E-state index is -3.38. The van der Waals surface area contributed by atoms with Gasteiger partial charge in [-0.1, -0.05) is 38.7 Å². The Morgan fingerprint density at radius 1 is 1.15 bits per heavy atom. The molecule has 0 amide bonds. The van der Waals surface area contributed by atoms with Gasteiger partial charge in [-0.15, -0.1) is 0 Å². The standard InChI is InChI=1S/C15H22O4S/c1-3-4-5-6-7-10-20(18,19)13-9-8-12(2)14(11-13)15(16)17/h8-9,11H,3-7,10H2,1-2H3,(H,16,17). The van der Waals surface area contributed by atoms with Crippen LogP contribution < -0.4 is 0 Å². The van der Waals surface area contributed by atoms with E-state index in [-0.39, 0.29) is 16.2 Å². The Kier molecular flexibility index (Phi) is 6.20. The number of sulfone groups is 1. The minimum Gasteiger partial charge on any atom is -0.478 e. The smallest absolute Gasteiger partial charge is 0.335 e. The summed E-state index contributed by atoms with van der Waals surface area (Å²) >= 11 is 0. The van der Waals surface area contributed by atoms with Gasteiger partial charge in [-0.05, 0) is 31.0 Å². The van der Waals surface area contributed by atoms with Crippen molar-refractivity contribution in [2.75, 3.05) is 5.75 Å². The van der Waals surface area contributed by atoms with E-state index in [0.717, 1.165) is 25.7 Å². The number of hydrogen-bond donors (Lipinski definition) is 1. The number of hydrogen-bond acceptors (Lipinski definition) is 3. The molecule has 1 N–H and O–H groups in total. The molecule has 0 bridgehead atoms. The second-order valence-electron chi connectivity index (χ2n) is 5.01. The first-order valence-corrected chi connectivity index (χ1v) is 8.60. The van der Waals surface area contributed by atoms with Gasteiger partial charge in [-0.25, -0.2) is 13.2 Å². The van der Waals surface area contributed by atoms with Gasteiger partial charge in [0, 0.05) is 0 Å². The number of aromatic carboxylic acids is 1. The lowest BCUT2D eigenvalue weighted by Gasteiger charge is -2.07. The lowest BCUT2D eigenvalue weighted by atomic mass is 10.1. The maximum absolute atomic E-state index is 12.2. The van der Waals surface area contributed by atoms with Crippen LogP contribution in [0.3, 0.4) is 0 Å². The van der Waals surface area contributed by atoms with Crippen molar-refractivity contribution >= 4 is 15.8 Å². The van der Waals surface area contributed by atoms with Crippen molar-refractivity contribution in [1.29, 1.82) is 0 Å². The Balaban J connectivity index is 2.77. The largest absolute Gasteiger partial charge is 0.478 e. The van der Waals surface area contributed by atoms with E-state index in [1.54, 1.807) is 13.0 Å². The molecule has 4 nitrogen and oxygen atoms in total. The van der Waals surface area contributed by atoms with E-state index in [2.05, 4.69) is 6.92 Å². The Morgan fingerprint density at radius 3 is 2.40 bits per heavy atom. The summed E-state index contributed by atoms with van der Waals surface area (Å²) in [6, 6.07) is 4.30. The van der Waals surface area contributed by atoms with Gasteiger partial charge in [0.25, 0.3) is 0 Å². The average Bonchev–Trinajstić information content (AvgIpc) is 2.38. The summed E-state index contributed by atoms with van der Waals surface area (Å²) in [5, 5.41) is 9.03. The van der Waals surface area contributed by atoms with Crippen molar-refractivity contribution in [3.8, 4) is 0 Å². The predicted molar refractivity (Wildman–Crippen MR) is 79.0 cm³/mol. The summed E-state index contributed by atoms with van der Waals surface area (Å²) < 4.78 is 24.3. The zero-order valence-corrected chi connectivity index (χ0v) is 12.9. The third kappa shape index (κ3) is 4.63. The van der Waals surface area contributed by atoms with Crippen molar-refractivity contribution < 1.29 is 18.3 Å². The van der Waals surface area contributed by atoms with E-state index < -0.39 is 15.8 Å². The highest BCUT2D eigenvalue weighted by Gasteiger charge is 2.17. The van der Waals surface area contributed by atoms with E-state index in [9.17, 15) is 13.2 Å². The molecule has 0 fully saturated rings. The highest BCUT2D eigenvalue weighted by Crippen LogP contribution is 2.18. The van der Waals surface area contributed by atoms with Gasteiger partial charge in [0.15, 0.2) is 9.84 Å². The molecule has 1 aromatic rings. The van der Waals surface area contributed by atoms with Crippen LogP contribution in [0.4, 0.5) is 0 Å². The minimum absolute atomic E-state index is 0.0528. The molecule has 1 aromatic carbocycles. The van der Waals surface area contributed by atoms with E-state index in [1.807, 2.05) is 0 Å². The summed E-state index contributed by atoms with van der Waals surface area (Å²) in [4.78, 5) is 11.1. The summed E-state index contributed by atoms with van der Waals surface area (Å²) in [6.07, 6.45) is 4.80. The van der Waals surface area contributed by atoms with Crippen LogP contribution in [0.5, 0.6) is 0 Å². The van der Waals surface area contributed by atoms with Crippen molar-refractivity contribution in [2.45, 2.75) is 50.8 Å². The zero-order chi connectivity index (χ0) is 15.2. The van der Waals surface area contributed by atoms with E-state index in [4.69, 9.17) is 5.11 Å². The van der Waals surface area contributed by atoms with Gasteiger partial charge in [0.2, 0.25) is 0 Å². The summed E-state index contributed by atoms with van der Waals surface area (Å²) in [6.45, 7) is 3.76. The van der Waals surface area contributed by atoms with Crippen LogP contribution >= 0.6 is 0 Å². The van der Waals surface area contributed by atoms with Crippen molar-refractivity contribution in [3.05, 3.63) is 29.3 Å². The van der Waals surface area contributed by atoms with Crippen LogP contribution in [0.15, 0.2) is 23.1 Å². The Morgan fingerprint density at radius 2 is 1.80 bits per heavy atom. The van der Waals surface area contributed by atoms with Gasteiger partial charge in [0.05, 0.1) is 16.2 Å². The molecule has 0 atom stereocenters. The monoisotopic (exact) mass is 298 g/mol. The number of carboxylic acids is 1. The van der Waals surface area contributed by atoms with Gasteiger partial charge in [0.1, 0.15) is 0 Å². The van der Waals surface area contributed by atoms with Crippen LogP contribution in [-0.2, 0) is 9.84 Å². The normalized spacial score (nSPS) is 11.5. The maximum atomic E-state index is 12.2. The molecule has 0 spiro atoms.